The molecule has 0 aliphatic carbocycles. The van der Waals surface area contributed by atoms with E-state index >= 15 is 0 Å². The van der Waals surface area contributed by atoms with Gasteiger partial charge in [-0.1, -0.05) is 48.5 Å². The first-order valence-corrected chi connectivity index (χ1v) is 7.90. The third-order valence-electron chi connectivity index (χ3n) is 3.58. The second-order valence-corrected chi connectivity index (χ2v) is 5.42. The van der Waals surface area contributed by atoms with Crippen LogP contribution < -0.4 is 10.1 Å². The van der Waals surface area contributed by atoms with Crippen molar-refractivity contribution in [2.24, 2.45) is 0 Å². The predicted molar refractivity (Wildman–Crippen MR) is 96.9 cm³/mol. The maximum Gasteiger partial charge on any atom is 0.262 e. The Morgan fingerprint density at radius 1 is 0.720 bits per heavy atom. The number of ketones is 1. The molecule has 0 spiro atoms. The van der Waals surface area contributed by atoms with E-state index in [2.05, 4.69) is 5.32 Å². The molecule has 0 heterocycles. The number of rotatable bonds is 6. The van der Waals surface area contributed by atoms with E-state index in [9.17, 15) is 9.59 Å². The average Bonchev–Trinajstić information content (AvgIpc) is 2.68. The molecular weight excluding hydrogens is 314 g/mol. The summed E-state index contributed by atoms with van der Waals surface area (Å²) >= 11 is 0. The fraction of sp³-hybridized carbons (Fsp3) is 0.0476. The van der Waals surface area contributed by atoms with Crippen LogP contribution in [0, 0.1) is 0 Å². The Morgan fingerprint density at radius 3 is 1.92 bits per heavy atom. The number of para-hydroxylation sites is 1. The molecule has 0 saturated heterocycles. The first-order chi connectivity index (χ1) is 12.2. The summed E-state index contributed by atoms with van der Waals surface area (Å²) in [6.45, 7) is -0.0747. The van der Waals surface area contributed by atoms with Gasteiger partial charge in [-0.15, -0.1) is 0 Å². The molecule has 25 heavy (non-hydrogen) atoms. The quantitative estimate of drug-likeness (QED) is 0.696. The molecule has 1 amide bonds. The highest BCUT2D eigenvalue weighted by molar-refractivity contribution is 6.09. The summed E-state index contributed by atoms with van der Waals surface area (Å²) in [5.41, 5.74) is 1.83. The number of hydrogen-bond acceptors (Lipinski definition) is 3. The van der Waals surface area contributed by atoms with Crippen molar-refractivity contribution in [3.05, 3.63) is 96.1 Å². The molecule has 4 nitrogen and oxygen atoms in total. The molecule has 0 fully saturated rings. The number of ether oxygens (including phenoxy) is 1. The van der Waals surface area contributed by atoms with Gasteiger partial charge in [0.05, 0.1) is 0 Å². The number of nitrogens with one attached hydrogen (secondary N) is 1. The van der Waals surface area contributed by atoms with E-state index < -0.39 is 0 Å². The topological polar surface area (TPSA) is 55.4 Å². The molecule has 1 N–H and O–H groups in total. The van der Waals surface area contributed by atoms with Crippen LogP contribution in [-0.2, 0) is 4.79 Å². The maximum atomic E-state index is 12.3. The van der Waals surface area contributed by atoms with Gasteiger partial charge in [0, 0.05) is 16.8 Å². The summed E-state index contributed by atoms with van der Waals surface area (Å²) in [6, 6.07) is 25.0. The van der Waals surface area contributed by atoms with Crippen molar-refractivity contribution in [1.82, 2.24) is 0 Å². The minimum absolute atomic E-state index is 0.0501. The van der Waals surface area contributed by atoms with Crippen molar-refractivity contribution < 1.29 is 14.3 Å². The summed E-state index contributed by atoms with van der Waals surface area (Å²) in [5.74, 6) is 0.332. The number of benzene rings is 3. The molecule has 0 aliphatic heterocycles. The third-order valence-corrected chi connectivity index (χ3v) is 3.58. The SMILES string of the molecule is O=C(COc1ccccc1)Nc1ccc(C(=O)c2ccccc2)cc1. The molecule has 3 aromatic carbocycles. The van der Waals surface area contributed by atoms with Gasteiger partial charge in [-0.2, -0.15) is 0 Å². The van der Waals surface area contributed by atoms with Gasteiger partial charge in [0.1, 0.15) is 5.75 Å². The van der Waals surface area contributed by atoms with Gasteiger partial charge in [0.25, 0.3) is 5.91 Å². The normalized spacial score (nSPS) is 10.1. The average molecular weight is 331 g/mol. The highest BCUT2D eigenvalue weighted by Gasteiger charge is 2.09. The van der Waals surface area contributed by atoms with Gasteiger partial charge in [-0.25, -0.2) is 0 Å². The lowest BCUT2D eigenvalue weighted by atomic mass is 10.0. The van der Waals surface area contributed by atoms with Crippen LogP contribution in [0.4, 0.5) is 5.69 Å². The first-order valence-electron chi connectivity index (χ1n) is 7.90. The molecule has 0 aliphatic rings. The first kappa shape index (κ1) is 16.5. The fourth-order valence-electron chi connectivity index (χ4n) is 2.32. The van der Waals surface area contributed by atoms with Crippen molar-refractivity contribution >= 4 is 17.4 Å². The molecule has 0 saturated carbocycles. The summed E-state index contributed by atoms with van der Waals surface area (Å²) in [4.78, 5) is 24.3. The van der Waals surface area contributed by atoms with E-state index in [1.54, 1.807) is 48.5 Å². The van der Waals surface area contributed by atoms with Crippen LogP contribution in [0.5, 0.6) is 5.75 Å². The number of anilines is 1. The fourth-order valence-corrected chi connectivity index (χ4v) is 2.32. The number of hydrogen-bond donors (Lipinski definition) is 1. The standard InChI is InChI=1S/C21H17NO3/c23-20(15-25-19-9-5-2-6-10-19)22-18-13-11-17(12-14-18)21(24)16-7-3-1-4-8-16/h1-14H,15H2,(H,22,23). The van der Waals surface area contributed by atoms with Gasteiger partial charge < -0.3 is 10.1 Å². The Labute approximate surface area is 146 Å². The third kappa shape index (κ3) is 4.54. The summed E-state index contributed by atoms with van der Waals surface area (Å²) in [6.07, 6.45) is 0. The number of amides is 1. The van der Waals surface area contributed by atoms with Crippen LogP contribution in [0.2, 0.25) is 0 Å². The monoisotopic (exact) mass is 331 g/mol. The van der Waals surface area contributed by atoms with Crippen molar-refractivity contribution in [2.45, 2.75) is 0 Å². The Kier molecular flexibility index (Phi) is 5.22. The summed E-state index contributed by atoms with van der Waals surface area (Å²) < 4.78 is 5.39. The molecule has 0 unspecified atom stereocenters. The highest BCUT2D eigenvalue weighted by atomic mass is 16.5. The zero-order valence-electron chi connectivity index (χ0n) is 13.5. The summed E-state index contributed by atoms with van der Waals surface area (Å²) in [7, 11) is 0. The second kappa shape index (κ2) is 7.93. The lowest BCUT2D eigenvalue weighted by Gasteiger charge is -2.08. The molecule has 0 atom stereocenters. The van der Waals surface area contributed by atoms with Gasteiger partial charge in [-0.05, 0) is 36.4 Å². The van der Waals surface area contributed by atoms with E-state index in [1.807, 2.05) is 36.4 Å². The molecule has 0 bridgehead atoms. The molecule has 3 rings (SSSR count). The van der Waals surface area contributed by atoms with Gasteiger partial charge in [0.15, 0.2) is 12.4 Å². The van der Waals surface area contributed by atoms with Crippen LogP contribution in [0.15, 0.2) is 84.9 Å². The van der Waals surface area contributed by atoms with Crippen LogP contribution in [0.25, 0.3) is 0 Å². The van der Waals surface area contributed by atoms with Gasteiger partial charge in [0.2, 0.25) is 0 Å². The minimum atomic E-state index is -0.258. The molecular formula is C21H17NO3. The van der Waals surface area contributed by atoms with E-state index in [0.29, 0.717) is 22.6 Å². The zero-order chi connectivity index (χ0) is 17.5. The highest BCUT2D eigenvalue weighted by Crippen LogP contribution is 2.14. The lowest BCUT2D eigenvalue weighted by molar-refractivity contribution is -0.118. The predicted octanol–water partition coefficient (Wildman–Crippen LogP) is 3.94. The van der Waals surface area contributed by atoms with E-state index in [4.69, 9.17) is 4.74 Å². The van der Waals surface area contributed by atoms with Crippen LogP contribution in [0.3, 0.4) is 0 Å². The Hall–Kier alpha value is -3.40. The molecule has 0 radical (unpaired) electrons. The second-order valence-electron chi connectivity index (χ2n) is 5.42. The Balaban J connectivity index is 1.57. The maximum absolute atomic E-state index is 12.3. The van der Waals surface area contributed by atoms with Crippen molar-refractivity contribution in [3.8, 4) is 5.75 Å². The van der Waals surface area contributed by atoms with Gasteiger partial charge >= 0.3 is 0 Å². The smallest absolute Gasteiger partial charge is 0.262 e. The minimum Gasteiger partial charge on any atom is -0.484 e. The van der Waals surface area contributed by atoms with Crippen molar-refractivity contribution in [1.29, 1.82) is 0 Å². The molecule has 0 aromatic heterocycles. The Bertz CT molecular complexity index is 843. The molecule has 4 heteroatoms. The number of carbonyl (C=O) groups excluding carboxylic acids is 2. The van der Waals surface area contributed by atoms with Gasteiger partial charge in [-0.3, -0.25) is 9.59 Å². The zero-order valence-corrected chi connectivity index (χ0v) is 13.5. The molecule has 124 valence electrons. The lowest BCUT2D eigenvalue weighted by Crippen LogP contribution is -2.20. The van der Waals surface area contributed by atoms with Crippen molar-refractivity contribution in [3.63, 3.8) is 0 Å². The van der Waals surface area contributed by atoms with E-state index in [0.717, 1.165) is 0 Å². The largest absolute Gasteiger partial charge is 0.484 e. The van der Waals surface area contributed by atoms with Crippen LogP contribution in [-0.4, -0.2) is 18.3 Å². The van der Waals surface area contributed by atoms with Crippen molar-refractivity contribution in [2.75, 3.05) is 11.9 Å². The number of carbonyl (C=O) groups is 2. The molecule has 3 aromatic rings. The summed E-state index contributed by atoms with van der Waals surface area (Å²) in [5, 5.41) is 2.74. The van der Waals surface area contributed by atoms with Crippen LogP contribution in [0.1, 0.15) is 15.9 Å². The van der Waals surface area contributed by atoms with E-state index in [1.165, 1.54) is 0 Å². The van der Waals surface area contributed by atoms with E-state index in [-0.39, 0.29) is 18.3 Å². The van der Waals surface area contributed by atoms with Crippen LogP contribution >= 0.6 is 0 Å². The Morgan fingerprint density at radius 2 is 1.28 bits per heavy atom.